The predicted molar refractivity (Wildman–Crippen MR) is 270 cm³/mol. The van der Waals surface area contributed by atoms with Crippen molar-refractivity contribution < 1.29 is 0 Å². The third kappa shape index (κ3) is 6.51. The number of nitrogens with zero attached hydrogens (tertiary/aromatic N) is 2. The molecule has 64 heavy (non-hydrogen) atoms. The van der Waals surface area contributed by atoms with Crippen LogP contribution >= 0.6 is 0 Å². The number of hydrogen-bond acceptors (Lipinski definition) is 1. The van der Waals surface area contributed by atoms with Crippen molar-refractivity contribution >= 4 is 38.7 Å². The van der Waals surface area contributed by atoms with E-state index in [-0.39, 0.29) is 0 Å². The van der Waals surface area contributed by atoms with Crippen LogP contribution in [0.5, 0.6) is 0 Å². The maximum atomic E-state index is 2.51. The molecule has 302 valence electrons. The van der Waals surface area contributed by atoms with Crippen LogP contribution in [0.3, 0.4) is 0 Å². The summed E-state index contributed by atoms with van der Waals surface area (Å²) in [4.78, 5) is 2.47. The monoisotopic (exact) mass is 816 g/mol. The Kier molecular flexibility index (Phi) is 9.34. The summed E-state index contributed by atoms with van der Waals surface area (Å²) >= 11 is 0. The van der Waals surface area contributed by atoms with Crippen LogP contribution in [0, 0.1) is 0 Å². The lowest BCUT2D eigenvalue weighted by atomic mass is 9.89. The van der Waals surface area contributed by atoms with E-state index in [4.69, 9.17) is 0 Å². The summed E-state index contributed by atoms with van der Waals surface area (Å²) in [5, 5.41) is 3.82. The minimum Gasteiger partial charge on any atom is -0.309 e. The van der Waals surface area contributed by atoms with Gasteiger partial charge in [0.1, 0.15) is 0 Å². The largest absolute Gasteiger partial charge is 0.309 e. The number of aryl methyl sites for hydroxylation is 2. The van der Waals surface area contributed by atoms with E-state index in [1.807, 2.05) is 0 Å². The second-order valence-electron chi connectivity index (χ2n) is 16.8. The van der Waals surface area contributed by atoms with Gasteiger partial charge in [0.2, 0.25) is 0 Å². The molecule has 0 radical (unpaired) electrons. The quantitative estimate of drug-likeness (QED) is 0.148. The molecule has 0 bridgehead atoms. The van der Waals surface area contributed by atoms with Crippen molar-refractivity contribution in [1.82, 2.24) is 4.57 Å². The Morgan fingerprint density at radius 2 is 0.922 bits per heavy atom. The third-order valence-electron chi connectivity index (χ3n) is 13.1. The number of para-hydroxylation sites is 2. The van der Waals surface area contributed by atoms with E-state index in [0.29, 0.717) is 0 Å². The van der Waals surface area contributed by atoms with Crippen molar-refractivity contribution in [2.24, 2.45) is 0 Å². The van der Waals surface area contributed by atoms with Gasteiger partial charge in [0, 0.05) is 33.5 Å². The first-order valence-corrected chi connectivity index (χ1v) is 22.3. The molecule has 0 spiro atoms. The normalized spacial score (nSPS) is 11.9. The molecular formula is C62H44N2. The van der Waals surface area contributed by atoms with E-state index in [1.165, 1.54) is 66.3 Å². The minimum atomic E-state index is 1.03. The molecule has 0 saturated heterocycles. The molecule has 11 aromatic rings. The van der Waals surface area contributed by atoms with Gasteiger partial charge in [-0.1, -0.05) is 194 Å². The molecular weight excluding hydrogens is 773 g/mol. The molecule has 0 aliphatic heterocycles. The van der Waals surface area contributed by atoms with Gasteiger partial charge in [-0.3, -0.25) is 0 Å². The second-order valence-corrected chi connectivity index (χ2v) is 16.8. The highest BCUT2D eigenvalue weighted by Gasteiger charge is 2.26. The average molecular weight is 817 g/mol. The van der Waals surface area contributed by atoms with Gasteiger partial charge in [-0.25, -0.2) is 0 Å². The highest BCUT2D eigenvalue weighted by atomic mass is 15.1. The summed E-state index contributed by atoms with van der Waals surface area (Å²) in [6.45, 7) is 0. The molecule has 1 aliphatic carbocycles. The lowest BCUT2D eigenvalue weighted by Crippen LogP contribution is -2.12. The fraction of sp³-hybridized carbons (Fsp3) is 0.0323. The molecule has 12 rings (SSSR count). The number of anilines is 3. The Labute approximate surface area is 374 Å². The number of benzene rings is 10. The van der Waals surface area contributed by atoms with Crippen molar-refractivity contribution in [2.45, 2.75) is 12.8 Å². The molecule has 0 unspecified atom stereocenters. The van der Waals surface area contributed by atoms with Crippen LogP contribution in [-0.2, 0) is 12.8 Å². The molecule has 1 heterocycles. The molecule has 1 aliphatic rings. The Bertz CT molecular complexity index is 3480. The zero-order valence-corrected chi connectivity index (χ0v) is 35.4. The highest BCUT2D eigenvalue weighted by molar-refractivity contribution is 6.01. The molecule has 2 nitrogen and oxygen atoms in total. The Morgan fingerprint density at radius 3 is 1.77 bits per heavy atom. The van der Waals surface area contributed by atoms with Crippen LogP contribution in [-0.4, -0.2) is 4.57 Å². The van der Waals surface area contributed by atoms with Crippen LogP contribution in [0.25, 0.3) is 83.1 Å². The first-order chi connectivity index (χ1) is 31.8. The van der Waals surface area contributed by atoms with E-state index in [1.54, 1.807) is 0 Å². The fourth-order valence-corrected chi connectivity index (χ4v) is 10.1. The van der Waals surface area contributed by atoms with Gasteiger partial charge >= 0.3 is 0 Å². The van der Waals surface area contributed by atoms with E-state index in [0.717, 1.165) is 57.8 Å². The number of hydrogen-bond donors (Lipinski definition) is 0. The third-order valence-corrected chi connectivity index (χ3v) is 13.1. The number of fused-ring (bicyclic) bond motifs is 6. The highest BCUT2D eigenvalue weighted by Crippen LogP contribution is 2.48. The molecule has 0 N–H and O–H groups in total. The Morgan fingerprint density at radius 1 is 0.344 bits per heavy atom. The van der Waals surface area contributed by atoms with Crippen LogP contribution in [0.2, 0.25) is 0 Å². The molecule has 0 amide bonds. The second kappa shape index (κ2) is 15.9. The SMILES string of the molecule is c1ccc(-c2ccc(N(c3ccccc3-c3cccc(-n4c5c(c6ccccc64)CCc4ccccc4-5)c3)c3ccc(-c4cccc5ccccc45)cc3-c3ccccc3)cc2)cc1. The van der Waals surface area contributed by atoms with Crippen LogP contribution < -0.4 is 4.90 Å². The van der Waals surface area contributed by atoms with Crippen molar-refractivity contribution in [3.8, 4) is 61.5 Å². The number of aromatic nitrogens is 1. The maximum Gasteiger partial charge on any atom is 0.0575 e. The number of rotatable bonds is 8. The Hall–Kier alpha value is -8.20. The first-order valence-electron chi connectivity index (χ1n) is 22.3. The van der Waals surface area contributed by atoms with Crippen molar-refractivity contribution in [3.63, 3.8) is 0 Å². The lowest BCUT2D eigenvalue weighted by Gasteiger charge is -2.30. The van der Waals surface area contributed by atoms with Gasteiger partial charge in [-0.15, -0.1) is 0 Å². The maximum absolute atomic E-state index is 2.51. The van der Waals surface area contributed by atoms with E-state index in [9.17, 15) is 0 Å². The van der Waals surface area contributed by atoms with Gasteiger partial charge in [0.25, 0.3) is 0 Å². The van der Waals surface area contributed by atoms with E-state index in [2.05, 4.69) is 252 Å². The van der Waals surface area contributed by atoms with Crippen molar-refractivity contribution in [2.75, 3.05) is 4.90 Å². The topological polar surface area (TPSA) is 8.17 Å². The van der Waals surface area contributed by atoms with Crippen LogP contribution in [0.15, 0.2) is 243 Å². The molecule has 0 atom stereocenters. The molecule has 2 heteroatoms. The van der Waals surface area contributed by atoms with Gasteiger partial charge in [0.15, 0.2) is 0 Å². The average Bonchev–Trinajstić information content (AvgIpc) is 3.72. The molecule has 10 aromatic carbocycles. The summed E-state index contributed by atoms with van der Waals surface area (Å²) in [5.41, 5.74) is 20.6. The van der Waals surface area contributed by atoms with Gasteiger partial charge < -0.3 is 9.47 Å². The predicted octanol–water partition coefficient (Wildman–Crippen LogP) is 16.7. The van der Waals surface area contributed by atoms with E-state index < -0.39 is 0 Å². The summed E-state index contributed by atoms with van der Waals surface area (Å²) in [6, 6.07) is 88.9. The van der Waals surface area contributed by atoms with Gasteiger partial charge in [-0.05, 0) is 117 Å². The lowest BCUT2D eigenvalue weighted by molar-refractivity contribution is 0.934. The smallest absolute Gasteiger partial charge is 0.0575 e. The summed E-state index contributed by atoms with van der Waals surface area (Å²) in [5.74, 6) is 0. The van der Waals surface area contributed by atoms with Crippen molar-refractivity contribution in [3.05, 3.63) is 254 Å². The van der Waals surface area contributed by atoms with E-state index >= 15 is 0 Å². The van der Waals surface area contributed by atoms with Crippen LogP contribution in [0.4, 0.5) is 17.1 Å². The first kappa shape index (κ1) is 37.6. The summed E-state index contributed by atoms with van der Waals surface area (Å²) < 4.78 is 2.51. The minimum absolute atomic E-state index is 1.03. The zero-order chi connectivity index (χ0) is 42.4. The zero-order valence-electron chi connectivity index (χ0n) is 35.4. The van der Waals surface area contributed by atoms with Crippen molar-refractivity contribution in [1.29, 1.82) is 0 Å². The Balaban J connectivity index is 1.07. The van der Waals surface area contributed by atoms with Crippen LogP contribution in [0.1, 0.15) is 11.1 Å². The summed E-state index contributed by atoms with van der Waals surface area (Å²) in [7, 11) is 0. The molecule has 1 aromatic heterocycles. The molecule has 0 fully saturated rings. The van der Waals surface area contributed by atoms with Gasteiger partial charge in [0.05, 0.1) is 22.6 Å². The standard InChI is InChI=1S/C62H44N2/c1-3-17-43(18-4-1)44-33-37-50(38-34-44)63(61-40-36-49(42-58(61)46-19-5-2-6-20-46)53-30-16-23-45-21-7-9-26-52(45)53)59-31-13-11-27-54(59)48-24-15-25-51(41-48)64-60-32-14-12-29-56(60)57-39-35-47-22-8-10-28-55(47)62(57)64/h1-34,36-38,40-42H,35,39H2. The van der Waals surface area contributed by atoms with Gasteiger partial charge in [-0.2, -0.15) is 0 Å². The fourth-order valence-electron chi connectivity index (χ4n) is 10.1. The summed E-state index contributed by atoms with van der Waals surface area (Å²) in [6.07, 6.45) is 2.09. The molecule has 0 saturated carbocycles.